The third kappa shape index (κ3) is 7.23. The van der Waals surface area contributed by atoms with E-state index < -0.39 is 0 Å². The summed E-state index contributed by atoms with van der Waals surface area (Å²) in [5.74, 6) is 0.585. The van der Waals surface area contributed by atoms with Crippen LogP contribution < -0.4 is 26.2 Å². The maximum absolute atomic E-state index is 13.1. The van der Waals surface area contributed by atoms with E-state index in [2.05, 4.69) is 20.9 Å². The quantitative estimate of drug-likeness (QED) is 0.124. The lowest BCUT2D eigenvalue weighted by Gasteiger charge is -2.16. The van der Waals surface area contributed by atoms with Crippen LogP contribution in [0.1, 0.15) is 30.4 Å². The number of fused-ring (bicyclic) bond motifs is 1. The molecule has 6 rings (SSSR count). The van der Waals surface area contributed by atoms with Gasteiger partial charge in [-0.25, -0.2) is 9.97 Å². The Hall–Kier alpha value is -4.32. The summed E-state index contributed by atoms with van der Waals surface area (Å²) in [7, 11) is 1.59. The molecule has 0 spiro atoms. The Morgan fingerprint density at radius 2 is 1.69 bits per heavy atom. The number of aliphatic hydroxyl groups excluding tert-OH is 1. The molecule has 1 unspecified atom stereocenters. The predicted molar refractivity (Wildman–Crippen MR) is 188 cm³/mol. The molecule has 1 amide bonds. The van der Waals surface area contributed by atoms with Crippen LogP contribution in [0.2, 0.25) is 10.0 Å². The zero-order chi connectivity index (χ0) is 33.6. The topological polar surface area (TPSA) is 130 Å². The number of pyridine rings is 2. The Balaban J connectivity index is 1.25. The number of carbonyl (C=O) groups excluding carboxylic acids is 1. The first kappa shape index (κ1) is 33.6. The van der Waals surface area contributed by atoms with Gasteiger partial charge in [0.1, 0.15) is 5.65 Å². The van der Waals surface area contributed by atoms with Crippen molar-refractivity contribution < 1.29 is 14.6 Å². The van der Waals surface area contributed by atoms with Crippen LogP contribution in [0.4, 0.5) is 0 Å². The molecule has 248 valence electrons. The molecule has 1 aliphatic rings. The number of aromatic nitrogens is 3. The summed E-state index contributed by atoms with van der Waals surface area (Å²) in [6.07, 6.45) is 5.30. The highest BCUT2D eigenvalue weighted by molar-refractivity contribution is 6.39. The molecule has 0 radical (unpaired) electrons. The van der Waals surface area contributed by atoms with Crippen molar-refractivity contribution in [2.75, 3.05) is 26.8 Å². The van der Waals surface area contributed by atoms with Crippen molar-refractivity contribution in [2.45, 2.75) is 38.4 Å². The monoisotopic (exact) mass is 686 g/mol. The molecule has 4 heterocycles. The summed E-state index contributed by atoms with van der Waals surface area (Å²) >= 11 is 14.1. The minimum atomic E-state index is -0.153. The predicted octanol–water partition coefficient (Wildman–Crippen LogP) is 5.25. The van der Waals surface area contributed by atoms with E-state index in [9.17, 15) is 9.59 Å². The fraction of sp³-hybridized carbons (Fsp3) is 0.278. The van der Waals surface area contributed by atoms with Crippen LogP contribution >= 0.6 is 23.2 Å². The molecule has 48 heavy (non-hydrogen) atoms. The van der Waals surface area contributed by atoms with Gasteiger partial charge in [0.2, 0.25) is 11.8 Å². The van der Waals surface area contributed by atoms with E-state index in [0.29, 0.717) is 71.9 Å². The zero-order valence-corrected chi connectivity index (χ0v) is 27.9. The van der Waals surface area contributed by atoms with Gasteiger partial charge < -0.3 is 25.8 Å². The number of nitrogens with one attached hydrogen (secondary N) is 3. The van der Waals surface area contributed by atoms with Crippen LogP contribution in [0.5, 0.6) is 5.88 Å². The van der Waals surface area contributed by atoms with Crippen LogP contribution in [0.25, 0.3) is 39.2 Å². The first-order valence-electron chi connectivity index (χ1n) is 15.8. The number of amides is 1. The van der Waals surface area contributed by atoms with Crippen molar-refractivity contribution in [1.29, 1.82) is 0 Å². The smallest absolute Gasteiger partial charge is 0.262 e. The first-order chi connectivity index (χ1) is 23.4. The van der Waals surface area contributed by atoms with Gasteiger partial charge in [0.05, 0.1) is 22.8 Å². The molecule has 1 saturated heterocycles. The maximum atomic E-state index is 13.1. The Kier molecular flexibility index (Phi) is 10.7. The molecule has 4 N–H and O–H groups in total. The Bertz CT molecular complexity index is 2020. The summed E-state index contributed by atoms with van der Waals surface area (Å²) in [6, 6.07) is 19.2. The van der Waals surface area contributed by atoms with E-state index in [1.165, 1.54) is 4.40 Å². The maximum Gasteiger partial charge on any atom is 0.262 e. The van der Waals surface area contributed by atoms with Crippen LogP contribution in [0.3, 0.4) is 0 Å². The van der Waals surface area contributed by atoms with Gasteiger partial charge in [0.25, 0.3) is 5.56 Å². The lowest BCUT2D eigenvalue weighted by atomic mass is 9.97. The second-order valence-corrected chi connectivity index (χ2v) is 12.4. The molecule has 3 aromatic heterocycles. The third-order valence-corrected chi connectivity index (χ3v) is 9.22. The molecule has 1 atom stereocenters. The van der Waals surface area contributed by atoms with E-state index >= 15 is 0 Å². The lowest BCUT2D eigenvalue weighted by Crippen LogP contribution is -2.35. The number of aliphatic hydroxyl groups is 1. The van der Waals surface area contributed by atoms with Crippen LogP contribution in [0, 0.1) is 0 Å². The highest BCUT2D eigenvalue weighted by atomic mass is 35.5. The summed E-state index contributed by atoms with van der Waals surface area (Å²) in [5.41, 5.74) is 6.26. The number of methoxy groups -OCH3 is 1. The van der Waals surface area contributed by atoms with Gasteiger partial charge in [-0.15, -0.1) is 0 Å². The molecule has 1 aliphatic heterocycles. The largest absolute Gasteiger partial charge is 0.481 e. The number of hydrogen-bond acceptors (Lipinski definition) is 8. The van der Waals surface area contributed by atoms with Gasteiger partial charge in [-0.05, 0) is 43.1 Å². The van der Waals surface area contributed by atoms with Crippen molar-refractivity contribution >= 4 is 34.8 Å². The molecule has 5 aromatic rings. The van der Waals surface area contributed by atoms with Crippen molar-refractivity contribution in [3.05, 3.63) is 105 Å². The van der Waals surface area contributed by atoms with E-state index in [-0.39, 0.29) is 24.1 Å². The van der Waals surface area contributed by atoms with Gasteiger partial charge in [-0.2, -0.15) is 0 Å². The van der Waals surface area contributed by atoms with Crippen molar-refractivity contribution in [3.8, 4) is 39.4 Å². The highest BCUT2D eigenvalue weighted by Crippen LogP contribution is 2.42. The van der Waals surface area contributed by atoms with Gasteiger partial charge in [0, 0.05) is 84.5 Å². The van der Waals surface area contributed by atoms with E-state index in [1.54, 1.807) is 19.5 Å². The van der Waals surface area contributed by atoms with Gasteiger partial charge in [-0.3, -0.25) is 14.0 Å². The SMILES string of the molecule is COc1nc(-c2cccc(-c3cccc(-c4ccn5c(=O)c(CNCCCO)cnc5c4)c3Cl)c2Cl)ccc1CNCC1CCC(=O)N1. The van der Waals surface area contributed by atoms with Crippen LogP contribution in [0.15, 0.2) is 77.9 Å². The molecular weight excluding hydrogens is 651 g/mol. The number of ether oxygens (including phenoxy) is 1. The van der Waals surface area contributed by atoms with E-state index in [0.717, 1.165) is 39.8 Å². The Labute approximate surface area is 288 Å². The van der Waals surface area contributed by atoms with Gasteiger partial charge >= 0.3 is 0 Å². The average molecular weight is 688 g/mol. The van der Waals surface area contributed by atoms with Crippen molar-refractivity contribution in [2.24, 2.45) is 0 Å². The number of rotatable bonds is 13. The third-order valence-electron chi connectivity index (χ3n) is 8.41. The zero-order valence-electron chi connectivity index (χ0n) is 26.4. The van der Waals surface area contributed by atoms with Gasteiger partial charge in [-0.1, -0.05) is 65.7 Å². The second kappa shape index (κ2) is 15.3. The molecule has 0 aliphatic carbocycles. The molecule has 10 nitrogen and oxygen atoms in total. The highest BCUT2D eigenvalue weighted by Gasteiger charge is 2.21. The number of benzene rings is 2. The fourth-order valence-corrected chi connectivity index (χ4v) is 6.53. The number of nitrogens with zero attached hydrogens (tertiary/aromatic N) is 3. The Morgan fingerprint density at radius 3 is 2.42 bits per heavy atom. The van der Waals surface area contributed by atoms with Crippen LogP contribution in [-0.2, 0) is 17.9 Å². The molecule has 2 aromatic carbocycles. The number of halogens is 2. The Morgan fingerprint density at radius 1 is 0.958 bits per heavy atom. The summed E-state index contributed by atoms with van der Waals surface area (Å²) in [6.45, 7) is 2.29. The molecule has 12 heteroatoms. The fourth-order valence-electron chi connectivity index (χ4n) is 5.87. The minimum Gasteiger partial charge on any atom is -0.481 e. The van der Waals surface area contributed by atoms with E-state index in [1.807, 2.05) is 60.7 Å². The van der Waals surface area contributed by atoms with Crippen LogP contribution in [-0.4, -0.2) is 58.2 Å². The average Bonchev–Trinajstić information content (AvgIpc) is 3.52. The molecule has 0 bridgehead atoms. The minimum absolute atomic E-state index is 0.0932. The lowest BCUT2D eigenvalue weighted by molar-refractivity contribution is -0.119. The summed E-state index contributed by atoms with van der Waals surface area (Å²) in [4.78, 5) is 33.9. The number of carbonyl (C=O) groups is 1. The second-order valence-electron chi connectivity index (χ2n) is 11.6. The van der Waals surface area contributed by atoms with Gasteiger partial charge in [0.15, 0.2) is 0 Å². The molecule has 0 saturated carbocycles. The normalized spacial score (nSPS) is 14.4. The molecule has 1 fully saturated rings. The number of hydrogen-bond donors (Lipinski definition) is 4. The standard InChI is InChI=1S/C36H36Cl2N6O4/c1-48-35-23(18-40-21-25-10-12-32(46)42-25)9-11-30(43-35)29-8-3-7-28(34(29)38)27-6-2-5-26(33(27)37)22-13-15-44-31(17-22)41-20-24(36(44)47)19-39-14-4-16-45/h2-3,5-9,11,13,15,17,20,25,39-40,45H,4,10,12,14,16,18-19,21H2,1H3,(H,42,46). The first-order valence-corrected chi connectivity index (χ1v) is 16.6. The molecular formula is C36H36Cl2N6O4. The summed E-state index contributed by atoms with van der Waals surface area (Å²) in [5, 5.41) is 19.5. The van der Waals surface area contributed by atoms with Crippen molar-refractivity contribution in [1.82, 2.24) is 30.3 Å². The summed E-state index contributed by atoms with van der Waals surface area (Å²) < 4.78 is 7.15. The van der Waals surface area contributed by atoms with Crippen molar-refractivity contribution in [3.63, 3.8) is 0 Å². The van der Waals surface area contributed by atoms with E-state index in [4.69, 9.17) is 38.0 Å².